The van der Waals surface area contributed by atoms with Crippen molar-refractivity contribution < 1.29 is 8.83 Å². The number of aromatic nitrogens is 3. The van der Waals surface area contributed by atoms with Gasteiger partial charge in [-0.25, -0.2) is 15.0 Å². The van der Waals surface area contributed by atoms with Gasteiger partial charge in [0.1, 0.15) is 28.3 Å². The maximum Gasteiger partial charge on any atom is 0.164 e. The highest BCUT2D eigenvalue weighted by Gasteiger charge is 2.29. The highest BCUT2D eigenvalue weighted by atomic mass is 16.3. The number of furan rings is 2. The van der Waals surface area contributed by atoms with E-state index >= 15 is 0 Å². The zero-order valence-electron chi connectivity index (χ0n) is 36.7. The number of para-hydroxylation sites is 1. The van der Waals surface area contributed by atoms with Gasteiger partial charge in [-0.2, -0.15) is 0 Å². The quantitative estimate of drug-likeness (QED) is 0.167. The summed E-state index contributed by atoms with van der Waals surface area (Å²) in [7, 11) is 0. The molecule has 3 aromatic heterocycles. The average Bonchev–Trinajstić information content (AvgIpc) is 3.99. The van der Waals surface area contributed by atoms with Crippen molar-refractivity contribution in [3.63, 3.8) is 0 Å². The summed E-state index contributed by atoms with van der Waals surface area (Å²) in [6.07, 6.45) is 5.01. The monoisotopic (exact) mass is 869 g/mol. The van der Waals surface area contributed by atoms with E-state index in [9.17, 15) is 0 Å². The Labute approximate surface area is 391 Å². The highest BCUT2D eigenvalue weighted by molar-refractivity contribution is 6.18. The predicted molar refractivity (Wildman–Crippen MR) is 279 cm³/mol. The molecule has 1 aliphatic carbocycles. The summed E-state index contributed by atoms with van der Waals surface area (Å²) in [5.41, 5.74) is 12.5. The Morgan fingerprint density at radius 1 is 0.368 bits per heavy atom. The van der Waals surface area contributed by atoms with Gasteiger partial charge in [-0.3, -0.25) is 0 Å². The van der Waals surface area contributed by atoms with E-state index in [0.29, 0.717) is 11.6 Å². The zero-order chi connectivity index (χ0) is 44.7. The van der Waals surface area contributed by atoms with E-state index in [4.69, 9.17) is 23.8 Å². The van der Waals surface area contributed by atoms with Gasteiger partial charge in [0.15, 0.2) is 11.6 Å². The van der Waals surface area contributed by atoms with Gasteiger partial charge in [0.05, 0.1) is 5.92 Å². The second-order valence-corrected chi connectivity index (χ2v) is 17.7. The lowest BCUT2D eigenvalue weighted by molar-refractivity contribution is 0.586. The van der Waals surface area contributed by atoms with Crippen LogP contribution in [0.5, 0.6) is 0 Å². The molecule has 0 amide bonds. The van der Waals surface area contributed by atoms with Crippen molar-refractivity contribution in [1.29, 1.82) is 0 Å². The van der Waals surface area contributed by atoms with Crippen molar-refractivity contribution in [1.82, 2.24) is 15.0 Å². The molecule has 3 heterocycles. The Morgan fingerprint density at radius 3 is 1.75 bits per heavy atom. The fraction of sp³-hybridized carbons (Fsp3) is 0.0317. The summed E-state index contributed by atoms with van der Waals surface area (Å²) >= 11 is 0. The van der Waals surface area contributed by atoms with Crippen LogP contribution >= 0.6 is 0 Å². The number of benzene rings is 10. The molecule has 0 aliphatic heterocycles. The van der Waals surface area contributed by atoms with Crippen LogP contribution in [-0.2, 0) is 0 Å². The lowest BCUT2D eigenvalue weighted by Gasteiger charge is -2.19. The first-order valence-electron chi connectivity index (χ1n) is 23.2. The third-order valence-corrected chi connectivity index (χ3v) is 13.9. The number of fused-ring (bicyclic) bond motifs is 9. The van der Waals surface area contributed by atoms with Gasteiger partial charge < -0.3 is 8.83 Å². The lowest BCUT2D eigenvalue weighted by atomic mass is 9.87. The summed E-state index contributed by atoms with van der Waals surface area (Å²) in [5, 5.41) is 10.3. The molecular formula is C63H39N3O2. The smallest absolute Gasteiger partial charge is 0.164 e. The second kappa shape index (κ2) is 15.3. The topological polar surface area (TPSA) is 65.0 Å². The Morgan fingerprint density at radius 2 is 0.971 bits per heavy atom. The fourth-order valence-corrected chi connectivity index (χ4v) is 10.7. The van der Waals surface area contributed by atoms with Crippen LogP contribution < -0.4 is 0 Å². The van der Waals surface area contributed by atoms with Crippen molar-refractivity contribution in [2.75, 3.05) is 0 Å². The van der Waals surface area contributed by atoms with Crippen LogP contribution in [0.15, 0.2) is 221 Å². The number of rotatable bonds is 6. The Kier molecular flexibility index (Phi) is 8.65. The zero-order valence-corrected chi connectivity index (χ0v) is 36.7. The molecule has 68 heavy (non-hydrogen) atoms. The van der Waals surface area contributed by atoms with E-state index in [1.165, 1.54) is 27.1 Å². The number of nitrogens with zero attached hydrogens (tertiary/aromatic N) is 3. The maximum atomic E-state index is 6.65. The van der Waals surface area contributed by atoms with Crippen LogP contribution in [0, 0.1) is 0 Å². The summed E-state index contributed by atoms with van der Waals surface area (Å²) in [6.45, 7) is 0. The molecule has 0 fully saturated rings. The molecule has 1 aliphatic rings. The predicted octanol–water partition coefficient (Wildman–Crippen LogP) is 16.9. The van der Waals surface area contributed by atoms with Gasteiger partial charge >= 0.3 is 0 Å². The van der Waals surface area contributed by atoms with E-state index in [1.807, 2.05) is 30.3 Å². The SMILES string of the molecule is C1=Cc2oc3ccccc3c2C(c2nc(-c3ccccc3)nc(-c3ccc(-c4ccc(-c5cccc6oc7cc(-c8ccc9ccccc9c8)ccc7c56)c5ccccc45)c4ccccc34)n2)C1. The van der Waals surface area contributed by atoms with E-state index in [1.54, 1.807) is 0 Å². The first-order valence-corrected chi connectivity index (χ1v) is 23.2. The van der Waals surface area contributed by atoms with Crippen molar-refractivity contribution in [2.45, 2.75) is 12.3 Å². The van der Waals surface area contributed by atoms with Crippen LogP contribution in [0.3, 0.4) is 0 Å². The van der Waals surface area contributed by atoms with E-state index in [2.05, 4.69) is 188 Å². The van der Waals surface area contributed by atoms with E-state index in [-0.39, 0.29) is 5.92 Å². The van der Waals surface area contributed by atoms with Crippen LogP contribution in [0.2, 0.25) is 0 Å². The molecule has 0 bridgehead atoms. The molecular weight excluding hydrogens is 831 g/mol. The highest BCUT2D eigenvalue weighted by Crippen LogP contribution is 2.46. The summed E-state index contributed by atoms with van der Waals surface area (Å²) < 4.78 is 13.0. The normalized spacial score (nSPS) is 13.6. The molecule has 0 spiro atoms. The molecule has 5 nitrogen and oxygen atoms in total. The van der Waals surface area contributed by atoms with Crippen molar-refractivity contribution in [2.24, 2.45) is 0 Å². The van der Waals surface area contributed by atoms with Gasteiger partial charge in [0, 0.05) is 32.8 Å². The van der Waals surface area contributed by atoms with Crippen molar-refractivity contribution >= 4 is 71.3 Å². The molecule has 0 radical (unpaired) electrons. The largest absolute Gasteiger partial charge is 0.456 e. The van der Waals surface area contributed by atoms with Gasteiger partial charge in [-0.1, -0.05) is 176 Å². The van der Waals surface area contributed by atoms with Gasteiger partial charge in [0.25, 0.3) is 0 Å². The number of hydrogen-bond donors (Lipinski definition) is 0. The maximum absolute atomic E-state index is 6.65. The molecule has 1 unspecified atom stereocenters. The second-order valence-electron chi connectivity index (χ2n) is 17.7. The van der Waals surface area contributed by atoms with Gasteiger partial charge in [0.2, 0.25) is 0 Å². The third-order valence-electron chi connectivity index (χ3n) is 13.9. The van der Waals surface area contributed by atoms with Crippen LogP contribution in [0.25, 0.3) is 127 Å². The van der Waals surface area contributed by atoms with Gasteiger partial charge in [-0.15, -0.1) is 0 Å². The molecule has 0 saturated carbocycles. The Bertz CT molecular complexity index is 4200. The minimum Gasteiger partial charge on any atom is -0.456 e. The standard InChI is InChI=1S/C63H39N3O2/c1-2-15-39(16-3-1)61-64-62(66-63(65-61)54-24-13-27-57-60(54)52-22-10-11-25-55(52)67-57)51-35-34-48(45-20-8-9-21-46(45)51)47-32-33-49(44-19-7-6-18-43(44)47)50-23-12-26-56-59(50)53-31-30-42(37-58(53)68-56)41-29-28-38-14-4-5-17-40(38)36-41/h1-23,25-37,54H,24H2. The van der Waals surface area contributed by atoms with Crippen molar-refractivity contribution in [3.05, 3.63) is 229 Å². The Hall–Kier alpha value is -8.93. The molecule has 13 aromatic rings. The average molecular weight is 870 g/mol. The van der Waals surface area contributed by atoms with Crippen LogP contribution in [-0.4, -0.2) is 15.0 Å². The van der Waals surface area contributed by atoms with Crippen molar-refractivity contribution in [3.8, 4) is 56.2 Å². The molecule has 318 valence electrons. The summed E-state index contributed by atoms with van der Waals surface area (Å²) in [5.74, 6) is 2.78. The first kappa shape index (κ1) is 38.3. The number of allylic oxidation sites excluding steroid dienone is 1. The molecule has 14 rings (SSSR count). The molecule has 0 N–H and O–H groups in total. The number of hydrogen-bond acceptors (Lipinski definition) is 5. The lowest BCUT2D eigenvalue weighted by Crippen LogP contribution is -2.11. The van der Waals surface area contributed by atoms with E-state index < -0.39 is 0 Å². The van der Waals surface area contributed by atoms with Crippen LogP contribution in [0.4, 0.5) is 0 Å². The summed E-state index contributed by atoms with van der Waals surface area (Å²) in [6, 6.07) is 73.1. The molecule has 1 atom stereocenters. The molecule has 0 saturated heterocycles. The minimum atomic E-state index is -0.1000. The minimum absolute atomic E-state index is 0.1000. The third kappa shape index (κ3) is 6.13. The first-order chi connectivity index (χ1) is 33.7. The molecule has 10 aromatic carbocycles. The Balaban J connectivity index is 0.896. The fourth-order valence-electron chi connectivity index (χ4n) is 10.7. The summed E-state index contributed by atoms with van der Waals surface area (Å²) in [4.78, 5) is 15.8. The van der Waals surface area contributed by atoms with Crippen LogP contribution in [0.1, 0.15) is 29.5 Å². The van der Waals surface area contributed by atoms with E-state index in [0.717, 1.165) is 106 Å². The van der Waals surface area contributed by atoms with Gasteiger partial charge in [-0.05, 0) is 115 Å². The molecule has 5 heteroatoms.